The SMILES string of the molecule is O=C(Nc1cc([N+](=O)[O-])ccc1Cl)C(=O)NC1CCCC1. The lowest BCUT2D eigenvalue weighted by atomic mass is 10.2. The number of benzene rings is 1. The van der Waals surface area contributed by atoms with E-state index in [2.05, 4.69) is 10.6 Å². The van der Waals surface area contributed by atoms with Crippen LogP contribution < -0.4 is 10.6 Å². The van der Waals surface area contributed by atoms with Crippen LogP contribution in [0.25, 0.3) is 0 Å². The highest BCUT2D eigenvalue weighted by molar-refractivity contribution is 6.41. The van der Waals surface area contributed by atoms with E-state index in [-0.39, 0.29) is 22.4 Å². The number of hydrogen-bond acceptors (Lipinski definition) is 4. The number of nitro benzene ring substituents is 1. The minimum absolute atomic E-state index is 0.0174. The molecule has 0 atom stereocenters. The Kier molecular flexibility index (Phi) is 4.74. The van der Waals surface area contributed by atoms with Crippen molar-refractivity contribution in [3.8, 4) is 0 Å². The normalized spacial score (nSPS) is 14.7. The second-order valence-corrected chi connectivity index (χ2v) is 5.24. The van der Waals surface area contributed by atoms with E-state index < -0.39 is 16.7 Å². The molecule has 1 fully saturated rings. The Morgan fingerprint density at radius 2 is 1.90 bits per heavy atom. The summed E-state index contributed by atoms with van der Waals surface area (Å²) < 4.78 is 0. The first-order chi connectivity index (χ1) is 9.97. The average Bonchev–Trinajstić information content (AvgIpc) is 2.93. The van der Waals surface area contributed by atoms with Crippen molar-refractivity contribution < 1.29 is 14.5 Å². The number of non-ortho nitro benzene ring substituents is 1. The van der Waals surface area contributed by atoms with Crippen LogP contribution in [0.5, 0.6) is 0 Å². The highest BCUT2D eigenvalue weighted by Crippen LogP contribution is 2.26. The maximum atomic E-state index is 11.8. The van der Waals surface area contributed by atoms with Crippen LogP contribution in [0.3, 0.4) is 0 Å². The molecule has 2 amide bonds. The summed E-state index contributed by atoms with van der Waals surface area (Å²) in [6, 6.07) is 3.65. The molecule has 0 spiro atoms. The van der Waals surface area contributed by atoms with Gasteiger partial charge in [-0.25, -0.2) is 0 Å². The Morgan fingerprint density at radius 1 is 1.24 bits per heavy atom. The summed E-state index contributed by atoms with van der Waals surface area (Å²) in [6.07, 6.45) is 3.78. The van der Waals surface area contributed by atoms with Gasteiger partial charge in [0.05, 0.1) is 15.6 Å². The zero-order valence-corrected chi connectivity index (χ0v) is 11.9. The van der Waals surface area contributed by atoms with E-state index in [1.54, 1.807) is 0 Å². The summed E-state index contributed by atoms with van der Waals surface area (Å²) >= 11 is 5.85. The molecule has 0 heterocycles. The third kappa shape index (κ3) is 3.91. The van der Waals surface area contributed by atoms with Gasteiger partial charge in [-0.15, -0.1) is 0 Å². The number of nitro groups is 1. The number of halogens is 1. The number of amides is 2. The fourth-order valence-corrected chi connectivity index (χ4v) is 2.39. The van der Waals surface area contributed by atoms with E-state index in [1.165, 1.54) is 12.1 Å². The summed E-state index contributed by atoms with van der Waals surface area (Å²) in [6.45, 7) is 0. The van der Waals surface area contributed by atoms with Crippen molar-refractivity contribution in [2.75, 3.05) is 5.32 Å². The van der Waals surface area contributed by atoms with Crippen LogP contribution in [0.15, 0.2) is 18.2 Å². The van der Waals surface area contributed by atoms with E-state index in [0.717, 1.165) is 31.7 Å². The van der Waals surface area contributed by atoms with Crippen molar-refractivity contribution in [1.29, 1.82) is 0 Å². The molecule has 112 valence electrons. The molecule has 0 aromatic heterocycles. The molecule has 1 aromatic carbocycles. The molecule has 1 aliphatic carbocycles. The molecular weight excluding hydrogens is 298 g/mol. The van der Waals surface area contributed by atoms with Gasteiger partial charge in [0, 0.05) is 18.2 Å². The van der Waals surface area contributed by atoms with Crippen LogP contribution in [0.2, 0.25) is 5.02 Å². The molecule has 0 saturated heterocycles. The number of anilines is 1. The van der Waals surface area contributed by atoms with Crippen LogP contribution in [-0.4, -0.2) is 22.8 Å². The largest absolute Gasteiger partial charge is 0.345 e. The Hall–Kier alpha value is -2.15. The predicted octanol–water partition coefficient (Wildman–Crippen LogP) is 2.25. The molecule has 0 radical (unpaired) electrons. The third-order valence-electron chi connectivity index (χ3n) is 3.31. The van der Waals surface area contributed by atoms with E-state index in [1.807, 2.05) is 0 Å². The number of carbonyl (C=O) groups is 2. The smallest absolute Gasteiger partial charge is 0.313 e. The molecule has 0 unspecified atom stereocenters. The summed E-state index contributed by atoms with van der Waals surface area (Å²) in [5.41, 5.74) is -0.177. The van der Waals surface area contributed by atoms with Crippen LogP contribution >= 0.6 is 11.6 Å². The molecule has 7 nitrogen and oxygen atoms in total. The number of nitrogens with zero attached hydrogens (tertiary/aromatic N) is 1. The summed E-state index contributed by atoms with van der Waals surface area (Å²) in [4.78, 5) is 33.6. The van der Waals surface area contributed by atoms with E-state index >= 15 is 0 Å². The van der Waals surface area contributed by atoms with E-state index in [0.29, 0.717) is 0 Å². The number of rotatable bonds is 3. The highest BCUT2D eigenvalue weighted by atomic mass is 35.5. The van der Waals surface area contributed by atoms with Crippen LogP contribution in [-0.2, 0) is 9.59 Å². The highest BCUT2D eigenvalue weighted by Gasteiger charge is 2.22. The lowest BCUT2D eigenvalue weighted by molar-refractivity contribution is -0.384. The Balaban J connectivity index is 2.02. The maximum Gasteiger partial charge on any atom is 0.313 e. The fourth-order valence-electron chi connectivity index (χ4n) is 2.22. The Labute approximate surface area is 125 Å². The van der Waals surface area contributed by atoms with E-state index in [9.17, 15) is 19.7 Å². The topological polar surface area (TPSA) is 101 Å². The second kappa shape index (κ2) is 6.53. The van der Waals surface area contributed by atoms with Gasteiger partial charge >= 0.3 is 11.8 Å². The lowest BCUT2D eigenvalue weighted by Gasteiger charge is -2.12. The molecule has 21 heavy (non-hydrogen) atoms. The molecule has 1 aromatic rings. The van der Waals surface area contributed by atoms with Crippen molar-refractivity contribution in [1.82, 2.24) is 5.32 Å². The molecule has 8 heteroatoms. The summed E-state index contributed by atoms with van der Waals surface area (Å²) in [7, 11) is 0. The van der Waals surface area contributed by atoms with Crippen molar-refractivity contribution in [2.24, 2.45) is 0 Å². The monoisotopic (exact) mass is 311 g/mol. The molecule has 1 aliphatic rings. The van der Waals surface area contributed by atoms with Gasteiger partial charge < -0.3 is 10.6 Å². The molecule has 2 N–H and O–H groups in total. The average molecular weight is 312 g/mol. The quantitative estimate of drug-likeness (QED) is 0.508. The molecule has 0 bridgehead atoms. The number of carbonyl (C=O) groups excluding carboxylic acids is 2. The van der Waals surface area contributed by atoms with Gasteiger partial charge in [0.15, 0.2) is 0 Å². The van der Waals surface area contributed by atoms with Gasteiger partial charge in [-0.05, 0) is 18.9 Å². The van der Waals surface area contributed by atoms with Crippen molar-refractivity contribution >= 4 is 34.8 Å². The Bertz CT molecular complexity index is 585. The maximum absolute atomic E-state index is 11.8. The Morgan fingerprint density at radius 3 is 2.52 bits per heavy atom. The van der Waals surface area contributed by atoms with Crippen LogP contribution in [0.4, 0.5) is 11.4 Å². The lowest BCUT2D eigenvalue weighted by Crippen LogP contribution is -2.40. The first-order valence-electron chi connectivity index (χ1n) is 6.53. The molecule has 2 rings (SSSR count). The minimum atomic E-state index is -0.885. The number of nitrogens with one attached hydrogen (secondary N) is 2. The summed E-state index contributed by atoms with van der Waals surface area (Å²) in [5.74, 6) is -1.64. The zero-order valence-electron chi connectivity index (χ0n) is 11.1. The summed E-state index contributed by atoms with van der Waals surface area (Å²) in [5, 5.41) is 15.7. The van der Waals surface area contributed by atoms with Gasteiger partial charge in [0.1, 0.15) is 0 Å². The molecule has 1 saturated carbocycles. The standard InChI is InChI=1S/C13H14ClN3O4/c14-10-6-5-9(17(20)21)7-11(10)16-13(19)12(18)15-8-3-1-2-4-8/h5-8H,1-4H2,(H,15,18)(H,16,19). The predicted molar refractivity (Wildman–Crippen MR) is 77.1 cm³/mol. The van der Waals surface area contributed by atoms with Gasteiger partial charge in [0.25, 0.3) is 5.69 Å². The van der Waals surface area contributed by atoms with Gasteiger partial charge in [0.2, 0.25) is 0 Å². The van der Waals surface area contributed by atoms with Crippen molar-refractivity contribution in [3.05, 3.63) is 33.3 Å². The van der Waals surface area contributed by atoms with Crippen molar-refractivity contribution in [2.45, 2.75) is 31.7 Å². The van der Waals surface area contributed by atoms with Gasteiger partial charge in [-0.2, -0.15) is 0 Å². The zero-order chi connectivity index (χ0) is 15.4. The van der Waals surface area contributed by atoms with E-state index in [4.69, 9.17) is 11.6 Å². The third-order valence-corrected chi connectivity index (χ3v) is 3.64. The minimum Gasteiger partial charge on any atom is -0.345 e. The molecular formula is C13H14ClN3O4. The van der Waals surface area contributed by atoms with Gasteiger partial charge in [-0.1, -0.05) is 24.4 Å². The molecule has 0 aliphatic heterocycles. The van der Waals surface area contributed by atoms with Crippen LogP contribution in [0, 0.1) is 10.1 Å². The first-order valence-corrected chi connectivity index (χ1v) is 6.91. The van der Waals surface area contributed by atoms with Crippen molar-refractivity contribution in [3.63, 3.8) is 0 Å². The second-order valence-electron chi connectivity index (χ2n) is 4.83. The van der Waals surface area contributed by atoms with Gasteiger partial charge in [-0.3, -0.25) is 19.7 Å². The first kappa shape index (κ1) is 15.2. The van der Waals surface area contributed by atoms with Crippen LogP contribution in [0.1, 0.15) is 25.7 Å². The number of hydrogen-bond donors (Lipinski definition) is 2. The fraction of sp³-hybridized carbons (Fsp3) is 0.385.